The van der Waals surface area contributed by atoms with Crippen LogP contribution in [-0.4, -0.2) is 38.8 Å². The first-order chi connectivity index (χ1) is 14.0. The number of likely N-dealkylation sites (tertiary alicyclic amines) is 1. The molecule has 1 aliphatic heterocycles. The van der Waals surface area contributed by atoms with Crippen LogP contribution in [0.1, 0.15) is 34.8 Å². The normalized spacial score (nSPS) is 14.8. The molecule has 2 aromatic heterocycles. The van der Waals surface area contributed by atoms with Gasteiger partial charge in [-0.2, -0.15) is 0 Å². The predicted molar refractivity (Wildman–Crippen MR) is 112 cm³/mol. The minimum Gasteiger partial charge on any atom is -0.339 e. The van der Waals surface area contributed by atoms with Crippen molar-refractivity contribution in [2.75, 3.05) is 13.1 Å². The molecule has 0 unspecified atom stereocenters. The van der Waals surface area contributed by atoms with Crippen molar-refractivity contribution >= 4 is 29.1 Å². The minimum atomic E-state index is -0.363. The maximum atomic E-state index is 12.8. The van der Waals surface area contributed by atoms with Crippen molar-refractivity contribution in [2.45, 2.75) is 18.8 Å². The number of aromatic amines is 1. The summed E-state index contributed by atoms with van der Waals surface area (Å²) in [5, 5.41) is 0.555. The van der Waals surface area contributed by atoms with Crippen LogP contribution < -0.4 is 5.56 Å². The Morgan fingerprint density at radius 3 is 2.45 bits per heavy atom. The third-order valence-corrected chi connectivity index (χ3v) is 5.81. The van der Waals surface area contributed by atoms with Gasteiger partial charge in [0.15, 0.2) is 0 Å². The van der Waals surface area contributed by atoms with Gasteiger partial charge in [-0.1, -0.05) is 35.3 Å². The van der Waals surface area contributed by atoms with Crippen molar-refractivity contribution in [3.8, 4) is 11.4 Å². The number of H-pyrrole nitrogens is 1. The number of aromatic nitrogens is 3. The molecule has 29 heavy (non-hydrogen) atoms. The molecular formula is C21H18Cl2N4O2. The van der Waals surface area contributed by atoms with E-state index in [1.807, 2.05) is 0 Å². The number of amides is 1. The van der Waals surface area contributed by atoms with Crippen molar-refractivity contribution in [3.05, 3.63) is 80.4 Å². The first-order valence-electron chi connectivity index (χ1n) is 9.28. The largest absolute Gasteiger partial charge is 0.339 e. The van der Waals surface area contributed by atoms with E-state index in [-0.39, 0.29) is 22.4 Å². The molecule has 1 N–H and O–H groups in total. The van der Waals surface area contributed by atoms with Crippen molar-refractivity contribution in [3.63, 3.8) is 0 Å². The van der Waals surface area contributed by atoms with Crippen LogP contribution in [0.15, 0.2) is 53.6 Å². The van der Waals surface area contributed by atoms with Crippen LogP contribution in [0.2, 0.25) is 10.0 Å². The van der Waals surface area contributed by atoms with Crippen LogP contribution >= 0.6 is 23.2 Å². The average Bonchev–Trinajstić information content (AvgIpc) is 2.76. The minimum absolute atomic E-state index is 0.000632. The van der Waals surface area contributed by atoms with Gasteiger partial charge in [0.2, 0.25) is 0 Å². The molecule has 1 aliphatic rings. The molecule has 0 atom stereocenters. The molecule has 148 valence electrons. The zero-order valence-electron chi connectivity index (χ0n) is 15.4. The van der Waals surface area contributed by atoms with Crippen LogP contribution in [0.4, 0.5) is 0 Å². The number of hydrogen-bond acceptors (Lipinski definition) is 4. The molecule has 4 rings (SSSR count). The molecule has 6 nitrogen and oxygen atoms in total. The molecule has 1 fully saturated rings. The van der Waals surface area contributed by atoms with E-state index in [4.69, 9.17) is 23.2 Å². The number of carbonyl (C=O) groups is 1. The maximum Gasteiger partial charge on any atom is 0.270 e. The van der Waals surface area contributed by atoms with E-state index in [1.54, 1.807) is 53.7 Å². The molecule has 8 heteroatoms. The van der Waals surface area contributed by atoms with Crippen LogP contribution in [-0.2, 0) is 0 Å². The van der Waals surface area contributed by atoms with Crippen molar-refractivity contribution < 1.29 is 4.79 Å². The first kappa shape index (κ1) is 19.6. The number of halogens is 2. The average molecular weight is 429 g/mol. The van der Waals surface area contributed by atoms with E-state index >= 15 is 0 Å². The lowest BCUT2D eigenvalue weighted by molar-refractivity contribution is 0.0712. The monoisotopic (exact) mass is 428 g/mol. The Bertz CT molecular complexity index is 1090. The lowest BCUT2D eigenvalue weighted by atomic mass is 9.92. The van der Waals surface area contributed by atoms with Gasteiger partial charge in [-0.05, 0) is 37.1 Å². The second kappa shape index (κ2) is 8.35. The lowest BCUT2D eigenvalue weighted by Crippen LogP contribution is -2.38. The molecule has 0 aliphatic carbocycles. The number of nitrogens with zero attached hydrogens (tertiary/aromatic N) is 3. The summed E-state index contributed by atoms with van der Waals surface area (Å²) >= 11 is 12.4. The number of pyridine rings is 1. The fourth-order valence-electron chi connectivity index (χ4n) is 3.55. The van der Waals surface area contributed by atoms with E-state index in [0.29, 0.717) is 48.0 Å². The molecule has 0 saturated carbocycles. The van der Waals surface area contributed by atoms with Crippen molar-refractivity contribution in [2.24, 2.45) is 0 Å². The molecule has 0 radical (unpaired) electrons. The molecule has 0 bridgehead atoms. The smallest absolute Gasteiger partial charge is 0.270 e. The van der Waals surface area contributed by atoms with Gasteiger partial charge in [0.25, 0.3) is 11.5 Å². The summed E-state index contributed by atoms with van der Waals surface area (Å²) in [6, 6.07) is 10.6. The highest BCUT2D eigenvalue weighted by Crippen LogP contribution is 2.32. The maximum absolute atomic E-state index is 12.8. The SMILES string of the molecule is O=C(c1ccccc1Cl)N1CCC(c2nc(-c3ccncc3)[nH]c(=O)c2Cl)CC1. The molecule has 1 aromatic carbocycles. The first-order valence-corrected chi connectivity index (χ1v) is 10.0. The Hall–Kier alpha value is -2.70. The summed E-state index contributed by atoms with van der Waals surface area (Å²) in [6.45, 7) is 1.09. The van der Waals surface area contributed by atoms with Crippen LogP contribution in [0.3, 0.4) is 0 Å². The van der Waals surface area contributed by atoms with Gasteiger partial charge in [0.05, 0.1) is 16.3 Å². The lowest BCUT2D eigenvalue weighted by Gasteiger charge is -2.32. The number of carbonyl (C=O) groups excluding carboxylic acids is 1. The topological polar surface area (TPSA) is 79.0 Å². The zero-order chi connectivity index (χ0) is 20.4. The quantitative estimate of drug-likeness (QED) is 0.678. The highest BCUT2D eigenvalue weighted by Gasteiger charge is 2.28. The van der Waals surface area contributed by atoms with Crippen LogP contribution in [0.5, 0.6) is 0 Å². The highest BCUT2D eigenvalue weighted by molar-refractivity contribution is 6.33. The fourth-order valence-corrected chi connectivity index (χ4v) is 4.01. The number of rotatable bonds is 3. The van der Waals surface area contributed by atoms with Gasteiger partial charge in [-0.15, -0.1) is 0 Å². The summed E-state index contributed by atoms with van der Waals surface area (Å²) < 4.78 is 0. The third-order valence-electron chi connectivity index (χ3n) is 5.12. The number of benzene rings is 1. The Balaban J connectivity index is 1.54. The number of nitrogens with one attached hydrogen (secondary N) is 1. The summed E-state index contributed by atoms with van der Waals surface area (Å²) in [6.07, 6.45) is 4.62. The molecule has 3 heterocycles. The van der Waals surface area contributed by atoms with Crippen molar-refractivity contribution in [1.82, 2.24) is 19.9 Å². The van der Waals surface area contributed by atoms with E-state index in [2.05, 4.69) is 15.0 Å². The molecule has 1 saturated heterocycles. The van der Waals surface area contributed by atoms with Gasteiger partial charge in [0, 0.05) is 37.0 Å². The van der Waals surface area contributed by atoms with Gasteiger partial charge < -0.3 is 9.88 Å². The Morgan fingerprint density at radius 2 is 1.76 bits per heavy atom. The molecule has 1 amide bonds. The Morgan fingerprint density at radius 1 is 1.07 bits per heavy atom. The van der Waals surface area contributed by atoms with Crippen molar-refractivity contribution in [1.29, 1.82) is 0 Å². The second-order valence-corrected chi connectivity index (χ2v) is 7.68. The third kappa shape index (κ3) is 4.04. The van der Waals surface area contributed by atoms with Crippen LogP contribution in [0.25, 0.3) is 11.4 Å². The van der Waals surface area contributed by atoms with Gasteiger partial charge in [-0.3, -0.25) is 14.6 Å². The zero-order valence-corrected chi connectivity index (χ0v) is 17.0. The number of piperidine rings is 1. The summed E-state index contributed by atoms with van der Waals surface area (Å²) in [7, 11) is 0. The summed E-state index contributed by atoms with van der Waals surface area (Å²) in [4.78, 5) is 38.2. The van der Waals surface area contributed by atoms with Gasteiger partial charge in [0.1, 0.15) is 10.8 Å². The van der Waals surface area contributed by atoms with E-state index in [1.165, 1.54) is 0 Å². The van der Waals surface area contributed by atoms with Gasteiger partial charge in [-0.25, -0.2) is 4.98 Å². The molecular weight excluding hydrogens is 411 g/mol. The standard InChI is InChI=1S/C21H18Cl2N4O2/c22-16-4-2-1-3-15(16)21(29)27-11-7-13(8-12-27)18-17(23)20(28)26-19(25-18)14-5-9-24-10-6-14/h1-6,9-10,13H,7-8,11-12H2,(H,25,26,28). The Labute approximate surface area is 177 Å². The summed E-state index contributed by atoms with van der Waals surface area (Å²) in [5.41, 5.74) is 1.48. The molecule has 0 spiro atoms. The van der Waals surface area contributed by atoms with E-state index in [0.717, 1.165) is 5.56 Å². The highest BCUT2D eigenvalue weighted by atomic mass is 35.5. The van der Waals surface area contributed by atoms with Crippen LogP contribution in [0, 0.1) is 0 Å². The predicted octanol–water partition coefficient (Wildman–Crippen LogP) is 4.16. The van der Waals surface area contributed by atoms with E-state index < -0.39 is 0 Å². The van der Waals surface area contributed by atoms with Gasteiger partial charge >= 0.3 is 0 Å². The molecule has 3 aromatic rings. The second-order valence-electron chi connectivity index (χ2n) is 6.90. The summed E-state index contributed by atoms with van der Waals surface area (Å²) in [5.74, 6) is 0.378. The number of hydrogen-bond donors (Lipinski definition) is 1. The Kier molecular flexibility index (Phi) is 5.65. The van der Waals surface area contributed by atoms with E-state index in [9.17, 15) is 9.59 Å². The fraction of sp³-hybridized carbons (Fsp3) is 0.238.